The molecule has 7 nitrogen and oxygen atoms in total. The molecule has 0 aromatic carbocycles. The molecule has 2 amide bonds. The lowest BCUT2D eigenvalue weighted by atomic mass is 10.1. The van der Waals surface area contributed by atoms with Gasteiger partial charge in [0.25, 0.3) is 17.6 Å². The Bertz CT molecular complexity index is 887. The van der Waals surface area contributed by atoms with E-state index in [9.17, 15) is 14.4 Å². The molecule has 1 aliphatic heterocycles. The third-order valence-electron chi connectivity index (χ3n) is 4.90. The van der Waals surface area contributed by atoms with Crippen molar-refractivity contribution in [2.24, 2.45) is 7.05 Å². The van der Waals surface area contributed by atoms with Crippen LogP contribution in [0.15, 0.2) is 30.5 Å². The molecule has 0 saturated carbocycles. The molecule has 1 saturated heterocycles. The maximum atomic E-state index is 12.8. The summed E-state index contributed by atoms with van der Waals surface area (Å²) in [7, 11) is 1.74. The van der Waals surface area contributed by atoms with Crippen molar-refractivity contribution in [1.82, 2.24) is 19.4 Å². The first-order chi connectivity index (χ1) is 12.9. The Morgan fingerprint density at radius 3 is 2.33 bits per heavy atom. The summed E-state index contributed by atoms with van der Waals surface area (Å²) in [6.07, 6.45) is 2.37. The monoisotopic (exact) mass is 368 g/mol. The van der Waals surface area contributed by atoms with Gasteiger partial charge in [0.05, 0.1) is 17.0 Å². The maximum Gasteiger partial charge on any atom is 0.296 e. The van der Waals surface area contributed by atoms with Crippen LogP contribution >= 0.6 is 0 Å². The predicted octanol–water partition coefficient (Wildman–Crippen LogP) is 1.59. The maximum absolute atomic E-state index is 12.8. The zero-order valence-electron chi connectivity index (χ0n) is 15.9. The number of aryl methyl sites for hydroxylation is 3. The van der Waals surface area contributed by atoms with Crippen LogP contribution < -0.4 is 0 Å². The Morgan fingerprint density at radius 2 is 1.67 bits per heavy atom. The second-order valence-electron chi connectivity index (χ2n) is 6.86. The topological polar surface area (TPSA) is 75.5 Å². The van der Waals surface area contributed by atoms with E-state index in [4.69, 9.17) is 0 Å². The number of amides is 2. The molecule has 0 bridgehead atoms. The standard InChI is InChI=1S/C20H24N4O3/c1-14-7-8-16(15(2)21-14)19(26)23-10-5-11-24(13-12-23)20(27)18(25)17-6-4-9-22(17)3/h4,6-9H,5,10-13H2,1-3H3. The molecule has 2 aromatic rings. The van der Waals surface area contributed by atoms with Crippen LogP contribution in [0.5, 0.6) is 0 Å². The smallest absolute Gasteiger partial charge is 0.296 e. The average Bonchev–Trinajstić information content (AvgIpc) is 2.91. The van der Waals surface area contributed by atoms with Crippen LogP contribution in [0.25, 0.3) is 0 Å². The van der Waals surface area contributed by atoms with Gasteiger partial charge in [0.1, 0.15) is 0 Å². The average molecular weight is 368 g/mol. The third kappa shape index (κ3) is 3.92. The summed E-state index contributed by atoms with van der Waals surface area (Å²) in [5, 5.41) is 0. The molecule has 142 valence electrons. The first-order valence-corrected chi connectivity index (χ1v) is 9.07. The summed E-state index contributed by atoms with van der Waals surface area (Å²) in [5.41, 5.74) is 2.53. The van der Waals surface area contributed by atoms with Gasteiger partial charge in [-0.25, -0.2) is 0 Å². The number of ketones is 1. The van der Waals surface area contributed by atoms with Crippen molar-refractivity contribution >= 4 is 17.6 Å². The van der Waals surface area contributed by atoms with E-state index in [1.165, 1.54) is 0 Å². The van der Waals surface area contributed by atoms with Crippen LogP contribution in [0.4, 0.5) is 0 Å². The van der Waals surface area contributed by atoms with Gasteiger partial charge in [-0.3, -0.25) is 19.4 Å². The molecule has 0 unspecified atom stereocenters. The number of Topliss-reactive ketones (excluding diaryl/α,β-unsaturated/α-hetero) is 1. The van der Waals surface area contributed by atoms with Gasteiger partial charge in [-0.1, -0.05) is 0 Å². The summed E-state index contributed by atoms with van der Waals surface area (Å²) in [6, 6.07) is 7.00. The van der Waals surface area contributed by atoms with Crippen molar-refractivity contribution in [1.29, 1.82) is 0 Å². The van der Waals surface area contributed by atoms with E-state index in [0.717, 1.165) is 5.69 Å². The highest BCUT2D eigenvalue weighted by Gasteiger charge is 2.28. The second-order valence-corrected chi connectivity index (χ2v) is 6.86. The molecule has 27 heavy (non-hydrogen) atoms. The highest BCUT2D eigenvalue weighted by molar-refractivity contribution is 6.42. The summed E-state index contributed by atoms with van der Waals surface area (Å²) in [6.45, 7) is 5.47. The highest BCUT2D eigenvalue weighted by atomic mass is 16.2. The predicted molar refractivity (Wildman–Crippen MR) is 101 cm³/mol. The van der Waals surface area contributed by atoms with E-state index < -0.39 is 11.7 Å². The Hall–Kier alpha value is -2.96. The van der Waals surface area contributed by atoms with Crippen molar-refractivity contribution in [2.45, 2.75) is 20.3 Å². The summed E-state index contributed by atoms with van der Waals surface area (Å²) < 4.78 is 1.64. The van der Waals surface area contributed by atoms with Gasteiger partial charge in [-0.2, -0.15) is 0 Å². The van der Waals surface area contributed by atoms with Gasteiger partial charge in [0.15, 0.2) is 0 Å². The lowest BCUT2D eigenvalue weighted by molar-refractivity contribution is -0.126. The molecule has 3 heterocycles. The number of aromatic nitrogens is 2. The SMILES string of the molecule is Cc1ccc(C(=O)N2CCCN(C(=O)C(=O)c3cccn3C)CC2)c(C)n1. The number of hydrogen-bond donors (Lipinski definition) is 0. The zero-order chi connectivity index (χ0) is 19.6. The number of rotatable bonds is 3. The van der Waals surface area contributed by atoms with E-state index in [0.29, 0.717) is 49.6 Å². The number of hydrogen-bond acceptors (Lipinski definition) is 4. The molecule has 7 heteroatoms. The third-order valence-corrected chi connectivity index (χ3v) is 4.90. The largest absolute Gasteiger partial charge is 0.348 e. The quantitative estimate of drug-likeness (QED) is 0.609. The molecule has 1 aliphatic rings. The molecule has 0 atom stereocenters. The fourth-order valence-corrected chi connectivity index (χ4v) is 3.36. The highest BCUT2D eigenvalue weighted by Crippen LogP contribution is 2.14. The Labute approximate surface area is 158 Å². The van der Waals surface area contributed by atoms with Gasteiger partial charge in [-0.15, -0.1) is 0 Å². The first kappa shape index (κ1) is 18.8. The van der Waals surface area contributed by atoms with Crippen LogP contribution in [-0.2, 0) is 11.8 Å². The number of pyridine rings is 1. The van der Waals surface area contributed by atoms with Gasteiger partial charge in [-0.05, 0) is 44.5 Å². The summed E-state index contributed by atoms with van der Waals surface area (Å²) in [5.74, 6) is -1.11. The molecule has 2 aromatic heterocycles. The minimum Gasteiger partial charge on any atom is -0.348 e. The van der Waals surface area contributed by atoms with Crippen LogP contribution in [0.2, 0.25) is 0 Å². The van der Waals surface area contributed by atoms with Crippen molar-refractivity contribution in [2.75, 3.05) is 26.2 Å². The van der Waals surface area contributed by atoms with Crippen LogP contribution in [-0.4, -0.2) is 63.1 Å². The first-order valence-electron chi connectivity index (χ1n) is 9.07. The molecule has 3 rings (SSSR count). The Balaban J connectivity index is 1.68. The molecular formula is C20H24N4O3. The normalized spacial score (nSPS) is 14.8. The van der Waals surface area contributed by atoms with Crippen LogP contribution in [0, 0.1) is 13.8 Å². The van der Waals surface area contributed by atoms with Crippen molar-refractivity contribution in [3.05, 3.63) is 53.1 Å². The summed E-state index contributed by atoms with van der Waals surface area (Å²) >= 11 is 0. The van der Waals surface area contributed by atoms with E-state index in [1.54, 1.807) is 45.8 Å². The van der Waals surface area contributed by atoms with Gasteiger partial charge < -0.3 is 14.4 Å². The fourth-order valence-electron chi connectivity index (χ4n) is 3.36. The van der Waals surface area contributed by atoms with E-state index in [1.807, 2.05) is 19.9 Å². The molecule has 0 radical (unpaired) electrons. The van der Waals surface area contributed by atoms with E-state index in [-0.39, 0.29) is 5.91 Å². The van der Waals surface area contributed by atoms with E-state index in [2.05, 4.69) is 4.98 Å². The number of carbonyl (C=O) groups excluding carboxylic acids is 3. The number of carbonyl (C=O) groups is 3. The zero-order valence-corrected chi connectivity index (χ0v) is 15.9. The number of nitrogens with zero attached hydrogens (tertiary/aromatic N) is 4. The Morgan fingerprint density at radius 1 is 0.963 bits per heavy atom. The molecule has 0 spiro atoms. The Kier molecular flexibility index (Phi) is 5.39. The minimum absolute atomic E-state index is 0.0805. The summed E-state index contributed by atoms with van der Waals surface area (Å²) in [4.78, 5) is 45.5. The van der Waals surface area contributed by atoms with Crippen molar-refractivity contribution in [3.8, 4) is 0 Å². The molecule has 1 fully saturated rings. The van der Waals surface area contributed by atoms with Crippen molar-refractivity contribution in [3.63, 3.8) is 0 Å². The minimum atomic E-state index is -0.515. The van der Waals surface area contributed by atoms with Crippen molar-refractivity contribution < 1.29 is 14.4 Å². The lowest BCUT2D eigenvalue weighted by Gasteiger charge is -2.22. The van der Waals surface area contributed by atoms with Crippen LogP contribution in [0.1, 0.15) is 38.7 Å². The molecule has 0 N–H and O–H groups in total. The van der Waals surface area contributed by atoms with E-state index >= 15 is 0 Å². The molecular weight excluding hydrogens is 344 g/mol. The second kappa shape index (κ2) is 7.73. The lowest BCUT2D eigenvalue weighted by Crippen LogP contribution is -2.40. The van der Waals surface area contributed by atoms with Crippen LogP contribution in [0.3, 0.4) is 0 Å². The molecule has 0 aliphatic carbocycles. The van der Waals surface area contributed by atoms with Gasteiger partial charge >= 0.3 is 0 Å². The fraction of sp³-hybridized carbons (Fsp3) is 0.400. The van der Waals surface area contributed by atoms with Gasteiger partial charge in [0, 0.05) is 45.1 Å². The van der Waals surface area contributed by atoms with Gasteiger partial charge in [0.2, 0.25) is 0 Å².